The van der Waals surface area contributed by atoms with E-state index in [1.54, 1.807) is 33.1 Å². The number of sulfonamides is 1. The molecule has 0 bridgehead atoms. The van der Waals surface area contributed by atoms with Crippen molar-refractivity contribution in [3.05, 3.63) is 45.6 Å². The number of hydrogen-bond acceptors (Lipinski definition) is 7. The van der Waals surface area contributed by atoms with Crippen LogP contribution >= 0.6 is 11.3 Å². The highest BCUT2D eigenvalue weighted by Crippen LogP contribution is 2.41. The molecule has 1 saturated carbocycles. The summed E-state index contributed by atoms with van der Waals surface area (Å²) in [6, 6.07) is 8.37. The summed E-state index contributed by atoms with van der Waals surface area (Å²) < 4.78 is 39.3. The third-order valence-electron chi connectivity index (χ3n) is 8.43. The van der Waals surface area contributed by atoms with E-state index in [-0.39, 0.29) is 25.2 Å². The van der Waals surface area contributed by atoms with Crippen molar-refractivity contribution in [3.63, 3.8) is 0 Å². The summed E-state index contributed by atoms with van der Waals surface area (Å²) in [5.41, 5.74) is 1.32. The molecule has 2 aromatic rings. The first-order valence-corrected chi connectivity index (χ1v) is 16.7. The molecule has 40 heavy (non-hydrogen) atoms. The quantitative estimate of drug-likeness (QED) is 0.383. The van der Waals surface area contributed by atoms with Crippen LogP contribution in [0.4, 0.5) is 0 Å². The maximum absolute atomic E-state index is 13.3. The molecule has 10 heteroatoms. The largest absolute Gasteiger partial charge is 0.497 e. The number of nitrogens with one attached hydrogen (secondary N) is 1. The molecule has 2 atom stereocenters. The Morgan fingerprint density at radius 1 is 1.15 bits per heavy atom. The van der Waals surface area contributed by atoms with Gasteiger partial charge in [-0.15, -0.1) is 11.3 Å². The predicted molar refractivity (Wildman–Crippen MR) is 159 cm³/mol. The van der Waals surface area contributed by atoms with Gasteiger partial charge in [-0.1, -0.05) is 18.9 Å². The number of thiophene rings is 1. The van der Waals surface area contributed by atoms with Gasteiger partial charge in [0.05, 0.1) is 18.1 Å². The zero-order valence-electron chi connectivity index (χ0n) is 24.5. The number of hydrogen-bond donors (Lipinski definition) is 1. The normalized spacial score (nSPS) is 22.9. The van der Waals surface area contributed by atoms with Gasteiger partial charge in [-0.3, -0.25) is 4.79 Å². The van der Waals surface area contributed by atoms with Gasteiger partial charge >= 0.3 is 0 Å². The van der Waals surface area contributed by atoms with Gasteiger partial charge in [0.25, 0.3) is 0 Å². The highest BCUT2D eigenvalue weighted by Gasteiger charge is 2.35. The molecule has 1 saturated heterocycles. The van der Waals surface area contributed by atoms with Crippen LogP contribution in [0.1, 0.15) is 60.6 Å². The molecule has 2 unspecified atom stereocenters. The summed E-state index contributed by atoms with van der Waals surface area (Å²) in [6.45, 7) is 4.81. The van der Waals surface area contributed by atoms with Crippen LogP contribution in [0.15, 0.2) is 34.5 Å². The lowest BCUT2D eigenvalue weighted by atomic mass is 9.76. The standard InChI is InChI=1S/C30H45N3O5S2/c1-21-17-26(37-5)18-22(2)30(21)40(35,36)33-15-13-25(19-33)38-20-28(34)31-14-12-23-8-10-24(11-9-23)29(32(3)4)27-7-6-16-39-27/h6-7,16-18,23-25,29H,8-15,19-20H2,1-5H3,(H,31,34). The molecule has 1 aliphatic carbocycles. The molecule has 1 aromatic carbocycles. The summed E-state index contributed by atoms with van der Waals surface area (Å²) in [5.74, 6) is 1.83. The van der Waals surface area contributed by atoms with E-state index in [1.807, 2.05) is 11.3 Å². The van der Waals surface area contributed by atoms with Gasteiger partial charge in [0.15, 0.2) is 0 Å². The lowest BCUT2D eigenvalue weighted by molar-refractivity contribution is -0.127. The zero-order valence-corrected chi connectivity index (χ0v) is 26.2. The first-order valence-electron chi connectivity index (χ1n) is 14.3. The number of aryl methyl sites for hydroxylation is 2. The molecule has 2 fully saturated rings. The van der Waals surface area contributed by atoms with Crippen molar-refractivity contribution in [1.29, 1.82) is 0 Å². The highest BCUT2D eigenvalue weighted by molar-refractivity contribution is 7.89. The van der Waals surface area contributed by atoms with Crippen LogP contribution < -0.4 is 10.1 Å². The third-order valence-corrected chi connectivity index (χ3v) is 11.5. The van der Waals surface area contributed by atoms with Gasteiger partial charge in [-0.05, 0) is 100 Å². The van der Waals surface area contributed by atoms with Crippen molar-refractivity contribution in [3.8, 4) is 5.75 Å². The lowest BCUT2D eigenvalue weighted by Crippen LogP contribution is -2.34. The van der Waals surface area contributed by atoms with E-state index in [0.717, 1.165) is 6.42 Å². The molecule has 1 aromatic heterocycles. The zero-order chi connectivity index (χ0) is 28.9. The van der Waals surface area contributed by atoms with Gasteiger partial charge in [0.2, 0.25) is 15.9 Å². The Bertz CT molecular complexity index is 1200. The van der Waals surface area contributed by atoms with Crippen LogP contribution in [-0.4, -0.2) is 77.1 Å². The molecule has 8 nitrogen and oxygen atoms in total. The summed E-state index contributed by atoms with van der Waals surface area (Å²) in [6.07, 6.45) is 6.11. The molecular weight excluding hydrogens is 546 g/mol. The number of benzene rings is 1. The number of ether oxygens (including phenoxy) is 2. The summed E-state index contributed by atoms with van der Waals surface area (Å²) in [7, 11) is 2.27. The van der Waals surface area contributed by atoms with Crippen molar-refractivity contribution < 1.29 is 22.7 Å². The fourth-order valence-electron chi connectivity index (χ4n) is 6.44. The first-order chi connectivity index (χ1) is 19.1. The molecule has 2 aliphatic rings. The van der Waals surface area contributed by atoms with E-state index in [2.05, 4.69) is 41.8 Å². The van der Waals surface area contributed by atoms with E-state index in [9.17, 15) is 13.2 Å². The number of amides is 1. The van der Waals surface area contributed by atoms with Crippen molar-refractivity contribution in [2.24, 2.45) is 11.8 Å². The second-order valence-corrected chi connectivity index (χ2v) is 14.4. The minimum atomic E-state index is -3.66. The van der Waals surface area contributed by atoms with Crippen LogP contribution in [-0.2, 0) is 19.6 Å². The van der Waals surface area contributed by atoms with Gasteiger partial charge in [0.1, 0.15) is 12.4 Å². The Morgan fingerprint density at radius 3 is 2.45 bits per heavy atom. The lowest BCUT2D eigenvalue weighted by Gasteiger charge is -2.37. The Morgan fingerprint density at radius 2 is 1.85 bits per heavy atom. The van der Waals surface area contributed by atoms with E-state index >= 15 is 0 Å². The average molecular weight is 592 g/mol. The molecule has 4 rings (SSSR count). The summed E-state index contributed by atoms with van der Waals surface area (Å²) in [4.78, 5) is 16.6. The smallest absolute Gasteiger partial charge is 0.246 e. The van der Waals surface area contributed by atoms with Crippen LogP contribution in [0, 0.1) is 25.7 Å². The first kappa shape index (κ1) is 31.0. The van der Waals surface area contributed by atoms with E-state index in [0.29, 0.717) is 59.2 Å². The molecule has 1 aliphatic heterocycles. The minimum absolute atomic E-state index is 0.0444. The number of carbonyl (C=O) groups excluding carboxylic acids is 1. The topological polar surface area (TPSA) is 88.2 Å². The Labute approximate surface area is 244 Å². The molecule has 1 amide bonds. The predicted octanol–water partition coefficient (Wildman–Crippen LogP) is 4.77. The van der Waals surface area contributed by atoms with Crippen LogP contribution in [0.2, 0.25) is 0 Å². The Balaban J connectivity index is 1.16. The average Bonchev–Trinajstić information content (AvgIpc) is 3.61. The summed E-state index contributed by atoms with van der Waals surface area (Å²) in [5, 5.41) is 5.17. The minimum Gasteiger partial charge on any atom is -0.497 e. The SMILES string of the molecule is COc1cc(C)c(S(=O)(=O)N2CCC(OCC(=O)NCCC3CCC(C(c4cccs4)N(C)C)CC3)C2)c(C)c1. The Kier molecular flexibility index (Phi) is 10.7. The summed E-state index contributed by atoms with van der Waals surface area (Å²) >= 11 is 1.85. The fraction of sp³-hybridized carbons (Fsp3) is 0.633. The number of nitrogens with zero attached hydrogens (tertiary/aromatic N) is 2. The van der Waals surface area contributed by atoms with Crippen molar-refractivity contribution in [2.75, 3.05) is 47.4 Å². The third kappa shape index (κ3) is 7.45. The number of carbonyl (C=O) groups is 1. The van der Waals surface area contributed by atoms with Gasteiger partial charge in [-0.25, -0.2) is 8.42 Å². The van der Waals surface area contributed by atoms with Gasteiger partial charge in [0, 0.05) is 30.6 Å². The Hall–Kier alpha value is -1.98. The maximum atomic E-state index is 13.3. The van der Waals surface area contributed by atoms with Gasteiger partial charge < -0.3 is 19.7 Å². The van der Waals surface area contributed by atoms with Crippen LogP contribution in [0.3, 0.4) is 0 Å². The molecule has 0 radical (unpaired) electrons. The van der Waals surface area contributed by atoms with Crippen molar-refractivity contribution >= 4 is 27.3 Å². The molecule has 0 spiro atoms. The van der Waals surface area contributed by atoms with E-state index in [1.165, 1.54) is 34.9 Å². The fourth-order valence-corrected chi connectivity index (χ4v) is 9.35. The van der Waals surface area contributed by atoms with Crippen molar-refractivity contribution in [1.82, 2.24) is 14.5 Å². The van der Waals surface area contributed by atoms with Crippen LogP contribution in [0.5, 0.6) is 5.75 Å². The highest BCUT2D eigenvalue weighted by atomic mass is 32.2. The molecular formula is C30H45N3O5S2. The molecule has 222 valence electrons. The van der Waals surface area contributed by atoms with Gasteiger partial charge in [-0.2, -0.15) is 4.31 Å². The van der Waals surface area contributed by atoms with E-state index in [4.69, 9.17) is 9.47 Å². The molecule has 2 heterocycles. The number of rotatable bonds is 12. The maximum Gasteiger partial charge on any atom is 0.246 e. The second-order valence-electron chi connectivity index (χ2n) is 11.5. The van der Waals surface area contributed by atoms with E-state index < -0.39 is 10.0 Å². The second kappa shape index (κ2) is 13.8. The van der Waals surface area contributed by atoms with Crippen molar-refractivity contribution in [2.45, 2.75) is 69.4 Å². The van der Waals surface area contributed by atoms with Crippen LogP contribution in [0.25, 0.3) is 0 Å². The number of methoxy groups -OCH3 is 1. The monoisotopic (exact) mass is 591 g/mol. The molecule has 1 N–H and O–H groups in total.